The normalized spacial score (nSPS) is 11.2. The van der Waals surface area contributed by atoms with Crippen LogP contribution in [0.5, 0.6) is 0 Å². The van der Waals surface area contributed by atoms with E-state index in [1.807, 2.05) is 35.9 Å². The summed E-state index contributed by atoms with van der Waals surface area (Å²) in [6.07, 6.45) is 3.67. The van der Waals surface area contributed by atoms with Gasteiger partial charge in [-0.25, -0.2) is 0 Å². The van der Waals surface area contributed by atoms with Crippen molar-refractivity contribution in [1.82, 2.24) is 4.98 Å². The molecule has 3 heteroatoms. The van der Waals surface area contributed by atoms with Crippen LogP contribution in [0, 0.1) is 0 Å². The zero-order valence-corrected chi connectivity index (χ0v) is 12.9. The molecule has 0 saturated carbocycles. The molecule has 4 aromatic rings. The zero-order chi connectivity index (χ0) is 13.5. The van der Waals surface area contributed by atoms with E-state index in [2.05, 4.69) is 57.3 Å². The first-order valence-corrected chi connectivity index (χ1v) is 7.95. The lowest BCUT2D eigenvalue weighted by atomic mass is 10.0. The molecule has 0 amide bonds. The van der Waals surface area contributed by atoms with E-state index < -0.39 is 0 Å². The van der Waals surface area contributed by atoms with Gasteiger partial charge >= 0.3 is 0 Å². The molecule has 0 aliphatic heterocycles. The Hall–Kier alpha value is -1.71. The van der Waals surface area contributed by atoms with Crippen molar-refractivity contribution < 1.29 is 0 Å². The van der Waals surface area contributed by atoms with E-state index in [4.69, 9.17) is 0 Å². The number of thiophene rings is 1. The first kappa shape index (κ1) is 12.1. The highest BCUT2D eigenvalue weighted by atomic mass is 79.9. The average molecular weight is 340 g/mol. The summed E-state index contributed by atoms with van der Waals surface area (Å²) in [5.74, 6) is 0. The molecule has 0 N–H and O–H groups in total. The highest BCUT2D eigenvalue weighted by Gasteiger charge is 2.10. The molecule has 0 atom stereocenters. The third-order valence-corrected chi connectivity index (χ3v) is 5.55. The third kappa shape index (κ3) is 1.86. The second-order valence-electron chi connectivity index (χ2n) is 4.67. The van der Waals surface area contributed by atoms with E-state index in [9.17, 15) is 0 Å². The summed E-state index contributed by atoms with van der Waals surface area (Å²) in [5.41, 5.74) is 2.41. The first-order valence-electron chi connectivity index (χ1n) is 6.34. The van der Waals surface area contributed by atoms with E-state index in [-0.39, 0.29) is 0 Å². The van der Waals surface area contributed by atoms with Crippen LogP contribution in [0.2, 0.25) is 0 Å². The molecule has 0 unspecified atom stereocenters. The summed E-state index contributed by atoms with van der Waals surface area (Å²) in [5, 5.41) is 2.64. The minimum Gasteiger partial charge on any atom is -0.265 e. The molecule has 4 rings (SSSR count). The van der Waals surface area contributed by atoms with Crippen molar-refractivity contribution in [2.45, 2.75) is 0 Å². The number of rotatable bonds is 1. The molecular weight excluding hydrogens is 330 g/mol. The number of hydrogen-bond donors (Lipinski definition) is 0. The molecule has 1 nitrogen and oxygen atoms in total. The molecule has 2 heterocycles. The van der Waals surface area contributed by atoms with Crippen molar-refractivity contribution in [2.24, 2.45) is 0 Å². The first-order chi connectivity index (χ1) is 9.83. The van der Waals surface area contributed by atoms with Crippen LogP contribution in [0.4, 0.5) is 0 Å². The van der Waals surface area contributed by atoms with Gasteiger partial charge in [0.1, 0.15) is 0 Å². The lowest BCUT2D eigenvalue weighted by molar-refractivity contribution is 1.33. The van der Waals surface area contributed by atoms with E-state index >= 15 is 0 Å². The number of aromatic nitrogens is 1. The number of benzene rings is 2. The van der Waals surface area contributed by atoms with Gasteiger partial charge in [0.25, 0.3) is 0 Å². The predicted molar refractivity (Wildman–Crippen MR) is 90.3 cm³/mol. The van der Waals surface area contributed by atoms with Gasteiger partial charge < -0.3 is 0 Å². The lowest BCUT2D eigenvalue weighted by Gasteiger charge is -2.03. The quantitative estimate of drug-likeness (QED) is 0.422. The number of nitrogens with zero attached hydrogens (tertiary/aromatic N) is 1. The van der Waals surface area contributed by atoms with Gasteiger partial charge in [-0.1, -0.05) is 18.2 Å². The maximum atomic E-state index is 4.09. The fraction of sp³-hybridized carbons (Fsp3) is 0. The smallest absolute Gasteiger partial charge is 0.0497 e. The maximum Gasteiger partial charge on any atom is 0.0497 e. The number of fused-ring (bicyclic) bond motifs is 3. The molecule has 96 valence electrons. The summed E-state index contributed by atoms with van der Waals surface area (Å²) in [7, 11) is 0. The molecule has 2 aromatic heterocycles. The molecular formula is C17H10BrNS. The van der Waals surface area contributed by atoms with Crippen molar-refractivity contribution in [1.29, 1.82) is 0 Å². The topological polar surface area (TPSA) is 12.9 Å². The maximum absolute atomic E-state index is 4.09. The monoisotopic (exact) mass is 339 g/mol. The van der Waals surface area contributed by atoms with Gasteiger partial charge in [-0.3, -0.25) is 4.98 Å². The van der Waals surface area contributed by atoms with Crippen molar-refractivity contribution in [3.8, 4) is 11.1 Å². The predicted octanol–water partition coefficient (Wildman–Crippen LogP) is 5.88. The molecule has 0 saturated heterocycles. The summed E-state index contributed by atoms with van der Waals surface area (Å²) < 4.78 is 3.79. The van der Waals surface area contributed by atoms with Crippen LogP contribution in [0.15, 0.2) is 65.4 Å². The van der Waals surface area contributed by atoms with Gasteiger partial charge in [0, 0.05) is 37.0 Å². The number of pyridine rings is 1. The molecule has 0 aliphatic rings. The highest BCUT2D eigenvalue weighted by molar-refractivity contribution is 9.10. The van der Waals surface area contributed by atoms with Gasteiger partial charge in [0.2, 0.25) is 0 Å². The lowest BCUT2D eigenvalue weighted by Crippen LogP contribution is -1.79. The van der Waals surface area contributed by atoms with E-state index in [0.717, 1.165) is 4.47 Å². The summed E-state index contributed by atoms with van der Waals surface area (Å²) in [6, 6.07) is 17.1. The van der Waals surface area contributed by atoms with Crippen LogP contribution in [-0.4, -0.2) is 4.98 Å². The van der Waals surface area contributed by atoms with Crippen LogP contribution < -0.4 is 0 Å². The Morgan fingerprint density at radius 3 is 2.50 bits per heavy atom. The average Bonchev–Trinajstić information content (AvgIpc) is 2.88. The minimum absolute atomic E-state index is 1.16. The molecule has 20 heavy (non-hydrogen) atoms. The SMILES string of the molecule is Brc1cc(-c2ccncc2)cc2c1sc1ccccc12. The molecule has 0 spiro atoms. The van der Waals surface area contributed by atoms with Crippen LogP contribution in [0.25, 0.3) is 31.3 Å². The Balaban J connectivity index is 2.08. The van der Waals surface area contributed by atoms with E-state index in [0.29, 0.717) is 0 Å². The van der Waals surface area contributed by atoms with Gasteiger partial charge in [-0.2, -0.15) is 0 Å². The van der Waals surface area contributed by atoms with Crippen LogP contribution in [-0.2, 0) is 0 Å². The fourth-order valence-electron chi connectivity index (χ4n) is 2.50. The largest absolute Gasteiger partial charge is 0.265 e. The van der Waals surface area contributed by atoms with Crippen molar-refractivity contribution >= 4 is 47.4 Å². The van der Waals surface area contributed by atoms with Gasteiger partial charge in [-0.15, -0.1) is 11.3 Å². The third-order valence-electron chi connectivity index (χ3n) is 3.45. The van der Waals surface area contributed by atoms with E-state index in [1.165, 1.54) is 31.3 Å². The van der Waals surface area contributed by atoms with Gasteiger partial charge in [0.15, 0.2) is 0 Å². The Labute approximate surface area is 129 Å². The van der Waals surface area contributed by atoms with Crippen LogP contribution in [0.3, 0.4) is 0 Å². The minimum atomic E-state index is 1.16. The van der Waals surface area contributed by atoms with Gasteiger partial charge in [0.05, 0.1) is 0 Å². The molecule has 0 bridgehead atoms. The molecule has 2 aromatic carbocycles. The fourth-order valence-corrected chi connectivity index (χ4v) is 4.29. The Kier molecular flexibility index (Phi) is 2.83. The Morgan fingerprint density at radius 1 is 0.850 bits per heavy atom. The Morgan fingerprint density at radius 2 is 1.65 bits per heavy atom. The van der Waals surface area contributed by atoms with Crippen LogP contribution >= 0.6 is 27.3 Å². The van der Waals surface area contributed by atoms with Gasteiger partial charge in [-0.05, 0) is 57.4 Å². The molecule has 0 aliphatic carbocycles. The highest BCUT2D eigenvalue weighted by Crippen LogP contribution is 2.40. The van der Waals surface area contributed by atoms with Crippen molar-refractivity contribution in [2.75, 3.05) is 0 Å². The Bertz CT molecular complexity index is 912. The van der Waals surface area contributed by atoms with E-state index in [1.54, 1.807) is 0 Å². The standard InChI is InChI=1S/C17H10BrNS/c18-15-10-12(11-5-7-19-8-6-11)9-14-13-3-1-2-4-16(13)20-17(14)15/h1-10H. The molecule has 0 radical (unpaired) electrons. The molecule has 0 fully saturated rings. The van der Waals surface area contributed by atoms with Crippen molar-refractivity contribution in [3.05, 3.63) is 65.4 Å². The summed E-state index contributed by atoms with van der Waals surface area (Å²) in [6.45, 7) is 0. The summed E-state index contributed by atoms with van der Waals surface area (Å²) in [4.78, 5) is 4.09. The van der Waals surface area contributed by atoms with Crippen molar-refractivity contribution in [3.63, 3.8) is 0 Å². The van der Waals surface area contributed by atoms with Crippen LogP contribution in [0.1, 0.15) is 0 Å². The second kappa shape index (κ2) is 4.69. The number of hydrogen-bond acceptors (Lipinski definition) is 2. The zero-order valence-electron chi connectivity index (χ0n) is 10.5. The summed E-state index contributed by atoms with van der Waals surface area (Å²) >= 11 is 5.55. The number of halogens is 1. The second-order valence-corrected chi connectivity index (χ2v) is 6.58.